The van der Waals surface area contributed by atoms with Crippen molar-refractivity contribution in [2.24, 2.45) is 0 Å². The van der Waals surface area contributed by atoms with Crippen LogP contribution in [0.2, 0.25) is 0 Å². The van der Waals surface area contributed by atoms with Crippen LogP contribution in [0.4, 0.5) is 0 Å². The Morgan fingerprint density at radius 3 is 2.03 bits per heavy atom. The molecule has 0 amide bonds. The van der Waals surface area contributed by atoms with Gasteiger partial charge >= 0.3 is 0 Å². The largest absolute Gasteiger partial charge is 0.379 e. The molecule has 0 saturated heterocycles. The van der Waals surface area contributed by atoms with Gasteiger partial charge < -0.3 is 5.11 Å². The first-order valence-corrected chi connectivity index (χ1v) is 11.5. The van der Waals surface area contributed by atoms with Gasteiger partial charge in [-0.05, 0) is 28.8 Å². The third-order valence-electron chi connectivity index (χ3n) is 6.43. The van der Waals surface area contributed by atoms with Crippen molar-refractivity contribution < 1.29 is 9.90 Å². The van der Waals surface area contributed by atoms with Crippen molar-refractivity contribution in [1.82, 2.24) is 0 Å². The van der Waals surface area contributed by atoms with Gasteiger partial charge in [-0.3, -0.25) is 4.79 Å². The van der Waals surface area contributed by atoms with E-state index in [0.717, 1.165) is 32.0 Å². The van der Waals surface area contributed by atoms with Crippen LogP contribution in [0.25, 0.3) is 11.1 Å². The molecule has 2 atom stereocenters. The zero-order valence-electron chi connectivity index (χ0n) is 17.2. The van der Waals surface area contributed by atoms with E-state index in [1.807, 2.05) is 103 Å². The van der Waals surface area contributed by atoms with Crippen LogP contribution in [0, 0.1) is 0 Å². The lowest BCUT2D eigenvalue weighted by atomic mass is 9.74. The number of carbonyl (C=O) groups is 1. The normalized spacial score (nSPS) is 21.5. The van der Waals surface area contributed by atoms with Crippen molar-refractivity contribution in [3.8, 4) is 0 Å². The average molecular weight is 433 g/mol. The van der Waals surface area contributed by atoms with Crippen LogP contribution in [0.15, 0.2) is 119 Å². The van der Waals surface area contributed by atoms with Crippen molar-refractivity contribution in [3.05, 3.63) is 131 Å². The van der Waals surface area contributed by atoms with E-state index in [-0.39, 0.29) is 5.78 Å². The molecule has 3 heteroatoms. The maximum atomic E-state index is 14.2. The Labute approximate surface area is 191 Å². The quantitative estimate of drug-likeness (QED) is 0.403. The second-order valence-electron chi connectivity index (χ2n) is 8.18. The molecule has 0 bridgehead atoms. The molecule has 2 unspecified atom stereocenters. The van der Waals surface area contributed by atoms with Crippen LogP contribution in [0.1, 0.15) is 28.2 Å². The Morgan fingerprint density at radius 2 is 1.28 bits per heavy atom. The molecular weight excluding hydrogens is 412 g/mol. The predicted molar refractivity (Wildman–Crippen MR) is 128 cm³/mol. The molecule has 32 heavy (non-hydrogen) atoms. The van der Waals surface area contributed by atoms with Gasteiger partial charge in [0.25, 0.3) is 0 Å². The van der Waals surface area contributed by atoms with Crippen LogP contribution in [0.5, 0.6) is 0 Å². The van der Waals surface area contributed by atoms with Gasteiger partial charge in [-0.25, -0.2) is 0 Å². The van der Waals surface area contributed by atoms with Crippen LogP contribution in [-0.4, -0.2) is 10.9 Å². The highest BCUT2D eigenvalue weighted by Gasteiger charge is 2.57. The van der Waals surface area contributed by atoms with Crippen molar-refractivity contribution in [1.29, 1.82) is 0 Å². The summed E-state index contributed by atoms with van der Waals surface area (Å²) in [5.74, 6) is -0.766. The minimum atomic E-state index is -1.47. The van der Waals surface area contributed by atoms with Gasteiger partial charge in [0.2, 0.25) is 0 Å². The van der Waals surface area contributed by atoms with E-state index in [1.54, 1.807) is 11.8 Å². The fourth-order valence-electron chi connectivity index (χ4n) is 5.10. The summed E-state index contributed by atoms with van der Waals surface area (Å²) in [7, 11) is 0. The summed E-state index contributed by atoms with van der Waals surface area (Å²) in [5.41, 5.74) is 3.19. The number of aliphatic hydroxyl groups is 1. The minimum Gasteiger partial charge on any atom is -0.379 e. The second-order valence-corrected chi connectivity index (χ2v) is 9.27. The first-order chi connectivity index (χ1) is 15.7. The molecule has 0 fully saturated rings. The fourth-order valence-corrected chi connectivity index (χ4v) is 6.25. The van der Waals surface area contributed by atoms with E-state index < -0.39 is 11.5 Å². The summed E-state index contributed by atoms with van der Waals surface area (Å²) in [5, 5.41) is 12.7. The van der Waals surface area contributed by atoms with E-state index >= 15 is 0 Å². The molecule has 0 saturated carbocycles. The highest BCUT2D eigenvalue weighted by Crippen LogP contribution is 2.61. The average Bonchev–Trinajstić information content (AvgIpc) is 3.01. The number of hydrogen-bond donors (Lipinski definition) is 1. The van der Waals surface area contributed by atoms with E-state index in [4.69, 9.17) is 0 Å². The van der Waals surface area contributed by atoms with Crippen molar-refractivity contribution in [3.63, 3.8) is 0 Å². The Hall–Kier alpha value is -3.40. The number of Topliss-reactive ketones (excluding diaryl/α,β-unsaturated/α-hetero) is 1. The summed E-state index contributed by atoms with van der Waals surface area (Å²) in [6.45, 7) is 0. The molecule has 2 aliphatic rings. The van der Waals surface area contributed by atoms with Crippen LogP contribution < -0.4 is 0 Å². The summed E-state index contributed by atoms with van der Waals surface area (Å²) in [4.78, 5) is 16.2. The van der Waals surface area contributed by atoms with Gasteiger partial charge in [-0.2, -0.15) is 0 Å². The summed E-state index contributed by atoms with van der Waals surface area (Å²) < 4.78 is 0. The maximum Gasteiger partial charge on any atom is 0.174 e. The zero-order chi connectivity index (χ0) is 21.7. The Bertz CT molecular complexity index is 1370. The summed E-state index contributed by atoms with van der Waals surface area (Å²) in [6, 6.07) is 35.4. The van der Waals surface area contributed by atoms with Crippen LogP contribution in [0.3, 0.4) is 0 Å². The number of ketones is 1. The number of carbonyl (C=O) groups excluding carboxylic acids is 1. The second kappa shape index (κ2) is 7.33. The van der Waals surface area contributed by atoms with E-state index in [1.165, 1.54) is 0 Å². The number of rotatable bonds is 2. The summed E-state index contributed by atoms with van der Waals surface area (Å²) >= 11 is 1.65. The lowest BCUT2D eigenvalue weighted by Gasteiger charge is -2.33. The maximum absolute atomic E-state index is 14.2. The molecular formula is C29H20O2S. The lowest BCUT2D eigenvalue weighted by Crippen LogP contribution is -2.34. The van der Waals surface area contributed by atoms with Gasteiger partial charge in [0, 0.05) is 26.5 Å². The molecule has 154 valence electrons. The SMILES string of the molecule is O=C1C(c2ccccc2)=C2c3ccccc3Sc3ccccc3C2(O)C1c1ccccc1. The monoisotopic (exact) mass is 432 g/mol. The van der Waals surface area contributed by atoms with E-state index in [0.29, 0.717) is 11.1 Å². The lowest BCUT2D eigenvalue weighted by molar-refractivity contribution is -0.118. The fraction of sp³-hybridized carbons (Fsp3) is 0.0690. The highest BCUT2D eigenvalue weighted by molar-refractivity contribution is 7.99. The molecule has 0 radical (unpaired) electrons. The number of hydrogen-bond acceptors (Lipinski definition) is 3. The molecule has 4 aromatic rings. The van der Waals surface area contributed by atoms with Crippen LogP contribution >= 0.6 is 11.8 Å². The number of benzene rings is 4. The first kappa shape index (κ1) is 19.3. The molecule has 1 heterocycles. The Kier molecular flexibility index (Phi) is 4.42. The standard InChI is InChI=1S/C29H20O2S/c30-28-25(19-11-3-1-4-12-19)27-21-15-7-9-17-23(21)32-24-18-10-8-16-22(24)29(27,31)26(28)20-13-5-2-6-14-20/h1-18,26,31H. The zero-order valence-corrected chi connectivity index (χ0v) is 18.0. The molecule has 4 aromatic carbocycles. The van der Waals surface area contributed by atoms with Crippen molar-refractivity contribution in [2.45, 2.75) is 21.3 Å². The number of fused-ring (bicyclic) bond motifs is 5. The molecule has 6 rings (SSSR count). The number of allylic oxidation sites excluding steroid dienone is 1. The molecule has 1 aliphatic heterocycles. The Morgan fingerprint density at radius 1 is 0.688 bits per heavy atom. The predicted octanol–water partition coefficient (Wildman–Crippen LogP) is 6.32. The third kappa shape index (κ3) is 2.68. The summed E-state index contributed by atoms with van der Waals surface area (Å²) in [6.07, 6.45) is 0. The van der Waals surface area contributed by atoms with Gasteiger partial charge in [0.05, 0.1) is 5.92 Å². The van der Waals surface area contributed by atoms with E-state index in [9.17, 15) is 9.90 Å². The Balaban J connectivity index is 1.77. The third-order valence-corrected chi connectivity index (χ3v) is 7.58. The van der Waals surface area contributed by atoms with Crippen LogP contribution in [-0.2, 0) is 10.4 Å². The molecule has 2 nitrogen and oxygen atoms in total. The van der Waals surface area contributed by atoms with E-state index in [2.05, 4.69) is 6.07 Å². The van der Waals surface area contributed by atoms with Gasteiger partial charge in [0.15, 0.2) is 5.78 Å². The first-order valence-electron chi connectivity index (χ1n) is 10.7. The smallest absolute Gasteiger partial charge is 0.174 e. The molecule has 0 aromatic heterocycles. The van der Waals surface area contributed by atoms with Gasteiger partial charge in [-0.1, -0.05) is 109 Å². The van der Waals surface area contributed by atoms with Gasteiger partial charge in [-0.15, -0.1) is 0 Å². The van der Waals surface area contributed by atoms with Gasteiger partial charge in [0.1, 0.15) is 5.60 Å². The minimum absolute atomic E-state index is 0.0450. The van der Waals surface area contributed by atoms with Crippen molar-refractivity contribution in [2.75, 3.05) is 0 Å². The molecule has 1 aliphatic carbocycles. The van der Waals surface area contributed by atoms with Crippen molar-refractivity contribution >= 4 is 28.7 Å². The molecule has 0 spiro atoms. The molecule has 1 N–H and O–H groups in total. The highest BCUT2D eigenvalue weighted by atomic mass is 32.2. The topological polar surface area (TPSA) is 37.3 Å².